The Morgan fingerprint density at radius 2 is 2.31 bits per heavy atom. The Labute approximate surface area is 73.9 Å². The van der Waals surface area contributed by atoms with E-state index in [0.29, 0.717) is 5.82 Å². The van der Waals surface area contributed by atoms with E-state index >= 15 is 0 Å². The van der Waals surface area contributed by atoms with E-state index in [4.69, 9.17) is 5.11 Å². The molecule has 0 spiro atoms. The number of rotatable bonds is 2. The average Bonchev–Trinajstić information content (AvgIpc) is 2.71. The molecule has 6 nitrogen and oxygen atoms in total. The van der Waals surface area contributed by atoms with Gasteiger partial charge in [0.05, 0.1) is 6.61 Å². The van der Waals surface area contributed by atoms with E-state index in [1.54, 1.807) is 18.3 Å². The summed E-state index contributed by atoms with van der Waals surface area (Å²) in [7, 11) is 0. The molecule has 0 aliphatic rings. The van der Waals surface area contributed by atoms with Crippen LogP contribution in [0.5, 0.6) is 0 Å². The Kier molecular flexibility index (Phi) is 1.97. The molecule has 1 N–H and O–H groups in total. The summed E-state index contributed by atoms with van der Waals surface area (Å²) in [5, 5.41) is 19.4. The van der Waals surface area contributed by atoms with Gasteiger partial charge in [-0.2, -0.15) is 4.68 Å². The van der Waals surface area contributed by atoms with E-state index in [1.165, 1.54) is 11.0 Å². The molecule has 0 fully saturated rings. The molecule has 0 unspecified atom stereocenters. The maximum atomic E-state index is 8.77. The summed E-state index contributed by atoms with van der Waals surface area (Å²) in [6.07, 6.45) is 3.04. The zero-order valence-electron chi connectivity index (χ0n) is 6.70. The molecule has 0 bridgehead atoms. The normalized spacial score (nSPS) is 10.2. The minimum atomic E-state index is -0.0110. The lowest BCUT2D eigenvalue weighted by Gasteiger charge is -1.98. The van der Waals surface area contributed by atoms with Crippen LogP contribution in [0.3, 0.4) is 0 Å². The van der Waals surface area contributed by atoms with Crippen LogP contribution in [0.1, 0.15) is 5.56 Å². The fraction of sp³-hybridized carbons (Fsp3) is 0.143. The van der Waals surface area contributed by atoms with Gasteiger partial charge in [-0.05, 0) is 22.1 Å². The van der Waals surface area contributed by atoms with Gasteiger partial charge in [-0.3, -0.25) is 0 Å². The van der Waals surface area contributed by atoms with E-state index in [2.05, 4.69) is 20.5 Å². The second-order valence-electron chi connectivity index (χ2n) is 2.44. The van der Waals surface area contributed by atoms with Gasteiger partial charge in [0.15, 0.2) is 5.82 Å². The molecule has 0 saturated carbocycles. The molecule has 66 valence electrons. The minimum Gasteiger partial charge on any atom is -0.392 e. The summed E-state index contributed by atoms with van der Waals surface area (Å²) in [6, 6.07) is 3.51. The second kappa shape index (κ2) is 3.28. The van der Waals surface area contributed by atoms with E-state index < -0.39 is 0 Å². The predicted octanol–water partition coefficient (Wildman–Crippen LogP) is -0.450. The number of tetrazole rings is 1. The van der Waals surface area contributed by atoms with Crippen LogP contribution in [-0.2, 0) is 6.61 Å². The van der Waals surface area contributed by atoms with E-state index in [-0.39, 0.29) is 6.61 Å². The Hall–Kier alpha value is -1.82. The first kappa shape index (κ1) is 7.81. The number of aromatic nitrogens is 5. The van der Waals surface area contributed by atoms with Crippen LogP contribution in [0, 0.1) is 0 Å². The molecule has 2 heterocycles. The first-order valence-electron chi connectivity index (χ1n) is 3.69. The number of nitrogens with zero attached hydrogens (tertiary/aromatic N) is 5. The average molecular weight is 177 g/mol. The first-order valence-corrected chi connectivity index (χ1v) is 3.69. The van der Waals surface area contributed by atoms with Gasteiger partial charge in [-0.1, -0.05) is 6.07 Å². The molecule has 0 aromatic carbocycles. The first-order chi connectivity index (χ1) is 6.40. The molecular weight excluding hydrogens is 170 g/mol. The molecule has 0 amide bonds. The molecule has 13 heavy (non-hydrogen) atoms. The predicted molar refractivity (Wildman–Crippen MR) is 42.9 cm³/mol. The quantitative estimate of drug-likeness (QED) is 0.672. The lowest BCUT2D eigenvalue weighted by molar-refractivity contribution is 0.281. The number of hydrogen-bond acceptors (Lipinski definition) is 5. The summed E-state index contributed by atoms with van der Waals surface area (Å²) >= 11 is 0. The summed E-state index contributed by atoms with van der Waals surface area (Å²) in [6.45, 7) is -0.0110. The SMILES string of the molecule is OCc1ccc(-n2cnnn2)nc1. The van der Waals surface area contributed by atoms with Crippen molar-refractivity contribution in [1.82, 2.24) is 25.2 Å². The van der Waals surface area contributed by atoms with E-state index in [0.717, 1.165) is 5.56 Å². The Morgan fingerprint density at radius 3 is 2.85 bits per heavy atom. The van der Waals surface area contributed by atoms with E-state index in [9.17, 15) is 0 Å². The van der Waals surface area contributed by atoms with Gasteiger partial charge in [-0.15, -0.1) is 5.10 Å². The molecule has 6 heteroatoms. The highest BCUT2D eigenvalue weighted by Gasteiger charge is 1.98. The van der Waals surface area contributed by atoms with Gasteiger partial charge < -0.3 is 5.11 Å². The summed E-state index contributed by atoms with van der Waals surface area (Å²) in [5.41, 5.74) is 0.761. The van der Waals surface area contributed by atoms with Crippen molar-refractivity contribution >= 4 is 0 Å². The molecule has 2 aromatic rings. The Bertz CT molecular complexity index is 368. The van der Waals surface area contributed by atoms with E-state index in [1.807, 2.05) is 0 Å². The highest BCUT2D eigenvalue weighted by Crippen LogP contribution is 2.02. The standard InChI is InChI=1S/C7H7N5O/c13-4-6-1-2-7(8-3-6)12-5-9-10-11-12/h1-3,5,13H,4H2. The van der Waals surface area contributed by atoms with Crippen molar-refractivity contribution in [2.45, 2.75) is 6.61 Å². The van der Waals surface area contributed by atoms with Crippen LogP contribution in [0.4, 0.5) is 0 Å². The minimum absolute atomic E-state index is 0.0110. The van der Waals surface area contributed by atoms with Crippen molar-refractivity contribution in [2.75, 3.05) is 0 Å². The number of aliphatic hydroxyl groups is 1. The van der Waals surface area contributed by atoms with Crippen LogP contribution < -0.4 is 0 Å². The smallest absolute Gasteiger partial charge is 0.156 e. The van der Waals surface area contributed by atoms with Gasteiger partial charge in [0.2, 0.25) is 0 Å². The molecule has 2 aromatic heterocycles. The van der Waals surface area contributed by atoms with Crippen molar-refractivity contribution < 1.29 is 5.11 Å². The maximum Gasteiger partial charge on any atom is 0.156 e. The fourth-order valence-corrected chi connectivity index (χ4v) is 0.912. The zero-order valence-corrected chi connectivity index (χ0v) is 6.70. The van der Waals surface area contributed by atoms with Crippen molar-refractivity contribution in [3.8, 4) is 5.82 Å². The third kappa shape index (κ3) is 1.52. The number of pyridine rings is 1. The molecule has 0 saturated heterocycles. The number of aliphatic hydroxyl groups excluding tert-OH is 1. The Balaban J connectivity index is 2.33. The third-order valence-electron chi connectivity index (χ3n) is 1.58. The van der Waals surface area contributed by atoms with Crippen molar-refractivity contribution in [3.05, 3.63) is 30.2 Å². The zero-order chi connectivity index (χ0) is 9.10. The van der Waals surface area contributed by atoms with Crippen LogP contribution in [-0.4, -0.2) is 30.3 Å². The monoisotopic (exact) mass is 177 g/mol. The second-order valence-corrected chi connectivity index (χ2v) is 2.44. The maximum absolute atomic E-state index is 8.77. The van der Waals surface area contributed by atoms with Gasteiger partial charge in [0.25, 0.3) is 0 Å². The van der Waals surface area contributed by atoms with Crippen molar-refractivity contribution in [1.29, 1.82) is 0 Å². The number of hydrogen-bond donors (Lipinski definition) is 1. The summed E-state index contributed by atoms with van der Waals surface area (Å²) in [5.74, 6) is 0.627. The van der Waals surface area contributed by atoms with Crippen LogP contribution in [0.25, 0.3) is 5.82 Å². The molecule has 2 rings (SSSR count). The molecule has 0 atom stereocenters. The lowest BCUT2D eigenvalue weighted by atomic mass is 10.3. The fourth-order valence-electron chi connectivity index (χ4n) is 0.912. The van der Waals surface area contributed by atoms with Gasteiger partial charge in [0.1, 0.15) is 6.33 Å². The Morgan fingerprint density at radius 1 is 1.38 bits per heavy atom. The topological polar surface area (TPSA) is 76.7 Å². The van der Waals surface area contributed by atoms with Crippen LogP contribution in [0.2, 0.25) is 0 Å². The molecule has 0 aliphatic heterocycles. The molecular formula is C7H7N5O. The lowest BCUT2D eigenvalue weighted by Crippen LogP contribution is -1.98. The van der Waals surface area contributed by atoms with Gasteiger partial charge >= 0.3 is 0 Å². The van der Waals surface area contributed by atoms with Crippen molar-refractivity contribution in [3.63, 3.8) is 0 Å². The highest BCUT2D eigenvalue weighted by molar-refractivity contribution is 5.22. The largest absolute Gasteiger partial charge is 0.392 e. The highest BCUT2D eigenvalue weighted by atomic mass is 16.3. The molecule has 0 aliphatic carbocycles. The summed E-state index contributed by atoms with van der Waals surface area (Å²) < 4.78 is 1.45. The summed E-state index contributed by atoms with van der Waals surface area (Å²) in [4.78, 5) is 4.05. The third-order valence-corrected chi connectivity index (χ3v) is 1.58. The van der Waals surface area contributed by atoms with Crippen LogP contribution >= 0.6 is 0 Å². The van der Waals surface area contributed by atoms with Gasteiger partial charge in [-0.25, -0.2) is 4.98 Å². The van der Waals surface area contributed by atoms with Gasteiger partial charge in [0, 0.05) is 6.20 Å². The van der Waals surface area contributed by atoms with Crippen LogP contribution in [0.15, 0.2) is 24.7 Å². The van der Waals surface area contributed by atoms with Crippen molar-refractivity contribution in [2.24, 2.45) is 0 Å². The molecule has 0 radical (unpaired) electrons.